The number of hydrogen-bond acceptors (Lipinski definition) is 3. The molecule has 0 bridgehead atoms. The zero-order valence-corrected chi connectivity index (χ0v) is 11.6. The summed E-state index contributed by atoms with van der Waals surface area (Å²) in [5, 5.41) is 3.50. The van der Waals surface area contributed by atoms with Crippen LogP contribution < -0.4 is 5.32 Å². The van der Waals surface area contributed by atoms with Crippen molar-refractivity contribution in [3.63, 3.8) is 0 Å². The van der Waals surface area contributed by atoms with E-state index in [1.165, 1.54) is 16.7 Å². The van der Waals surface area contributed by atoms with Crippen LogP contribution in [0.1, 0.15) is 23.1 Å². The van der Waals surface area contributed by atoms with E-state index in [9.17, 15) is 0 Å². The Bertz CT molecular complexity index is 397. The largest absolute Gasteiger partial charge is 0.378 e. The molecule has 2 rings (SSSR count). The molecule has 18 heavy (non-hydrogen) atoms. The third-order valence-electron chi connectivity index (χ3n) is 3.98. The Labute approximate surface area is 109 Å². The van der Waals surface area contributed by atoms with Gasteiger partial charge in [-0.1, -0.05) is 18.2 Å². The molecular weight excluding hydrogens is 226 g/mol. The van der Waals surface area contributed by atoms with Crippen LogP contribution in [0.2, 0.25) is 0 Å². The van der Waals surface area contributed by atoms with E-state index in [1.807, 2.05) is 0 Å². The summed E-state index contributed by atoms with van der Waals surface area (Å²) in [6.07, 6.45) is 0.975. The van der Waals surface area contributed by atoms with Crippen molar-refractivity contribution in [2.24, 2.45) is 0 Å². The molecule has 1 N–H and O–H groups in total. The van der Waals surface area contributed by atoms with Gasteiger partial charge in [-0.15, -0.1) is 0 Å². The zero-order valence-electron chi connectivity index (χ0n) is 11.6. The average Bonchev–Trinajstić information content (AvgIpc) is 2.84. The molecule has 1 unspecified atom stereocenters. The van der Waals surface area contributed by atoms with E-state index in [4.69, 9.17) is 9.47 Å². The van der Waals surface area contributed by atoms with Gasteiger partial charge in [-0.25, -0.2) is 0 Å². The molecule has 1 heterocycles. The lowest BCUT2D eigenvalue weighted by Crippen LogP contribution is -2.42. The van der Waals surface area contributed by atoms with Gasteiger partial charge in [0, 0.05) is 33.2 Å². The topological polar surface area (TPSA) is 30.5 Å². The third kappa shape index (κ3) is 2.91. The standard InChI is InChI=1S/C15H23NO2/c1-12-5-4-6-14(13(12)2)9-16-10-15(17-3)7-8-18-11-15/h4-6,16H,7-11H2,1-3H3. The second kappa shape index (κ2) is 5.83. The van der Waals surface area contributed by atoms with Gasteiger partial charge in [-0.3, -0.25) is 0 Å². The highest BCUT2D eigenvalue weighted by atomic mass is 16.5. The predicted molar refractivity (Wildman–Crippen MR) is 72.8 cm³/mol. The van der Waals surface area contributed by atoms with Gasteiger partial charge in [0.15, 0.2) is 0 Å². The molecule has 100 valence electrons. The molecule has 1 aromatic rings. The van der Waals surface area contributed by atoms with Crippen molar-refractivity contribution >= 4 is 0 Å². The summed E-state index contributed by atoms with van der Waals surface area (Å²) in [4.78, 5) is 0. The van der Waals surface area contributed by atoms with Crippen LogP contribution in [0.25, 0.3) is 0 Å². The van der Waals surface area contributed by atoms with Crippen molar-refractivity contribution in [1.29, 1.82) is 0 Å². The van der Waals surface area contributed by atoms with E-state index >= 15 is 0 Å². The molecule has 1 fully saturated rings. The second-order valence-corrected chi connectivity index (χ2v) is 5.15. The van der Waals surface area contributed by atoms with Gasteiger partial charge in [0.25, 0.3) is 0 Å². The number of ether oxygens (including phenoxy) is 2. The van der Waals surface area contributed by atoms with Crippen molar-refractivity contribution in [1.82, 2.24) is 5.32 Å². The number of methoxy groups -OCH3 is 1. The van der Waals surface area contributed by atoms with Gasteiger partial charge >= 0.3 is 0 Å². The van der Waals surface area contributed by atoms with Gasteiger partial charge in [-0.05, 0) is 30.5 Å². The lowest BCUT2D eigenvalue weighted by Gasteiger charge is -2.26. The SMILES string of the molecule is COC1(CNCc2cccc(C)c2C)CCOC1. The van der Waals surface area contributed by atoms with Crippen LogP contribution in [-0.4, -0.2) is 32.5 Å². The van der Waals surface area contributed by atoms with Gasteiger partial charge in [0.2, 0.25) is 0 Å². The van der Waals surface area contributed by atoms with Crippen LogP contribution in [-0.2, 0) is 16.0 Å². The van der Waals surface area contributed by atoms with Gasteiger partial charge in [0.1, 0.15) is 5.60 Å². The van der Waals surface area contributed by atoms with Crippen molar-refractivity contribution in [2.45, 2.75) is 32.4 Å². The number of benzene rings is 1. The van der Waals surface area contributed by atoms with E-state index in [2.05, 4.69) is 37.4 Å². The molecule has 1 aliphatic heterocycles. The quantitative estimate of drug-likeness (QED) is 0.868. The molecular formula is C15H23NO2. The minimum absolute atomic E-state index is 0.127. The lowest BCUT2D eigenvalue weighted by molar-refractivity contribution is -0.0159. The Balaban J connectivity index is 1.90. The first-order valence-corrected chi connectivity index (χ1v) is 6.56. The van der Waals surface area contributed by atoms with E-state index in [-0.39, 0.29) is 5.60 Å². The molecule has 0 radical (unpaired) electrons. The maximum Gasteiger partial charge on any atom is 0.106 e. The highest BCUT2D eigenvalue weighted by molar-refractivity contribution is 5.32. The number of rotatable bonds is 5. The molecule has 1 aromatic carbocycles. The molecule has 0 aromatic heterocycles. The Morgan fingerprint density at radius 1 is 1.39 bits per heavy atom. The highest BCUT2D eigenvalue weighted by Crippen LogP contribution is 2.21. The first-order chi connectivity index (χ1) is 8.67. The summed E-state index contributed by atoms with van der Waals surface area (Å²) < 4.78 is 11.0. The second-order valence-electron chi connectivity index (χ2n) is 5.15. The maximum absolute atomic E-state index is 5.60. The molecule has 3 heteroatoms. The number of nitrogens with one attached hydrogen (secondary N) is 1. The molecule has 0 saturated carbocycles. The van der Waals surface area contributed by atoms with Crippen molar-refractivity contribution in [2.75, 3.05) is 26.9 Å². The number of aryl methyl sites for hydroxylation is 1. The van der Waals surface area contributed by atoms with Crippen LogP contribution in [0.3, 0.4) is 0 Å². The summed E-state index contributed by atoms with van der Waals surface area (Å²) in [6, 6.07) is 6.45. The Morgan fingerprint density at radius 2 is 2.22 bits per heavy atom. The number of hydrogen-bond donors (Lipinski definition) is 1. The van der Waals surface area contributed by atoms with Gasteiger partial charge in [-0.2, -0.15) is 0 Å². The molecule has 0 spiro atoms. The first-order valence-electron chi connectivity index (χ1n) is 6.56. The van der Waals surface area contributed by atoms with Crippen molar-refractivity contribution < 1.29 is 9.47 Å². The zero-order chi connectivity index (χ0) is 13.0. The smallest absolute Gasteiger partial charge is 0.106 e. The van der Waals surface area contributed by atoms with Gasteiger partial charge in [0.05, 0.1) is 6.61 Å². The van der Waals surface area contributed by atoms with E-state index in [0.717, 1.165) is 26.1 Å². The fourth-order valence-corrected chi connectivity index (χ4v) is 2.39. The summed E-state index contributed by atoms with van der Waals surface area (Å²) in [7, 11) is 1.77. The average molecular weight is 249 g/mol. The van der Waals surface area contributed by atoms with E-state index < -0.39 is 0 Å². The van der Waals surface area contributed by atoms with Crippen LogP contribution >= 0.6 is 0 Å². The Morgan fingerprint density at radius 3 is 2.89 bits per heavy atom. The van der Waals surface area contributed by atoms with Crippen molar-refractivity contribution in [3.05, 3.63) is 34.9 Å². The maximum atomic E-state index is 5.60. The molecule has 1 aliphatic rings. The Hall–Kier alpha value is -0.900. The summed E-state index contributed by atoms with van der Waals surface area (Å²) in [6.45, 7) is 7.56. The predicted octanol–water partition coefficient (Wildman–Crippen LogP) is 2.20. The normalized spacial score (nSPS) is 23.5. The monoisotopic (exact) mass is 249 g/mol. The van der Waals surface area contributed by atoms with Crippen LogP contribution in [0.5, 0.6) is 0 Å². The molecule has 0 amide bonds. The lowest BCUT2D eigenvalue weighted by atomic mass is 10.0. The van der Waals surface area contributed by atoms with Crippen LogP contribution in [0.15, 0.2) is 18.2 Å². The molecule has 3 nitrogen and oxygen atoms in total. The van der Waals surface area contributed by atoms with Gasteiger partial charge < -0.3 is 14.8 Å². The minimum atomic E-state index is -0.127. The van der Waals surface area contributed by atoms with E-state index in [1.54, 1.807) is 7.11 Å². The van der Waals surface area contributed by atoms with Crippen molar-refractivity contribution in [3.8, 4) is 0 Å². The third-order valence-corrected chi connectivity index (χ3v) is 3.98. The summed E-state index contributed by atoms with van der Waals surface area (Å²) in [5.74, 6) is 0. The Kier molecular flexibility index (Phi) is 4.38. The summed E-state index contributed by atoms with van der Waals surface area (Å²) >= 11 is 0. The van der Waals surface area contributed by atoms with E-state index in [0.29, 0.717) is 6.61 Å². The highest BCUT2D eigenvalue weighted by Gasteiger charge is 2.34. The van der Waals surface area contributed by atoms with Crippen LogP contribution in [0.4, 0.5) is 0 Å². The molecule has 0 aliphatic carbocycles. The summed E-state index contributed by atoms with van der Waals surface area (Å²) in [5.41, 5.74) is 3.96. The first kappa shape index (κ1) is 13.5. The molecule has 1 saturated heterocycles. The molecule has 1 atom stereocenters. The fraction of sp³-hybridized carbons (Fsp3) is 0.600. The van der Waals surface area contributed by atoms with Crippen LogP contribution in [0, 0.1) is 13.8 Å². The fourth-order valence-electron chi connectivity index (χ4n) is 2.39. The minimum Gasteiger partial charge on any atom is -0.378 e.